The second-order valence-corrected chi connectivity index (χ2v) is 4.68. The van der Waals surface area contributed by atoms with Crippen molar-refractivity contribution < 1.29 is 9.90 Å². The predicted octanol–water partition coefficient (Wildman–Crippen LogP) is 3.24. The van der Waals surface area contributed by atoms with Crippen LogP contribution in [0.15, 0.2) is 60.7 Å². The summed E-state index contributed by atoms with van der Waals surface area (Å²) in [5.74, 6) is 0.455. The van der Waals surface area contributed by atoms with Crippen LogP contribution in [0, 0.1) is 0 Å². The van der Waals surface area contributed by atoms with Gasteiger partial charge in [0.15, 0.2) is 5.78 Å². The van der Waals surface area contributed by atoms with Crippen molar-refractivity contribution in [3.8, 4) is 5.75 Å². The fourth-order valence-electron chi connectivity index (χ4n) is 2.14. The number of carbonyl (C=O) groups excluding carboxylic acids is 1. The van der Waals surface area contributed by atoms with Crippen LogP contribution in [0.3, 0.4) is 0 Å². The van der Waals surface area contributed by atoms with Gasteiger partial charge in [0.1, 0.15) is 11.6 Å². The Labute approximate surface area is 122 Å². The molecule has 21 heavy (non-hydrogen) atoms. The van der Waals surface area contributed by atoms with Crippen molar-refractivity contribution in [1.82, 2.24) is 4.98 Å². The summed E-state index contributed by atoms with van der Waals surface area (Å²) in [6.45, 7) is 0.0862. The standard InChI is InChI=1S/C17H14N2O2/c20-15-8-4-2-6-13(15)16(21)11-18-17-10-9-12-5-1-3-7-14(12)19-17/h1-10,20H,11H2,(H,18,19). The number of nitrogens with one attached hydrogen (secondary N) is 1. The predicted molar refractivity (Wildman–Crippen MR) is 82.7 cm³/mol. The number of fused-ring (bicyclic) bond motifs is 1. The Bertz CT molecular complexity index is 799. The number of aromatic nitrogens is 1. The Hall–Kier alpha value is -2.88. The number of aromatic hydroxyl groups is 1. The minimum atomic E-state index is -0.178. The highest BCUT2D eigenvalue weighted by atomic mass is 16.3. The highest BCUT2D eigenvalue weighted by Gasteiger charge is 2.10. The normalized spacial score (nSPS) is 10.5. The molecule has 1 aromatic heterocycles. The van der Waals surface area contributed by atoms with Crippen molar-refractivity contribution >= 4 is 22.5 Å². The fraction of sp³-hybridized carbons (Fsp3) is 0.0588. The summed E-state index contributed by atoms with van der Waals surface area (Å²) >= 11 is 0. The number of para-hydroxylation sites is 2. The molecule has 0 unspecified atom stereocenters. The smallest absolute Gasteiger partial charge is 0.185 e. The zero-order chi connectivity index (χ0) is 14.7. The molecule has 0 aliphatic rings. The molecule has 0 saturated carbocycles. The topological polar surface area (TPSA) is 62.2 Å². The van der Waals surface area contributed by atoms with E-state index in [9.17, 15) is 9.90 Å². The zero-order valence-corrected chi connectivity index (χ0v) is 11.3. The van der Waals surface area contributed by atoms with Crippen molar-refractivity contribution in [2.75, 3.05) is 11.9 Å². The van der Waals surface area contributed by atoms with Crippen LogP contribution in [0.4, 0.5) is 5.82 Å². The van der Waals surface area contributed by atoms with E-state index in [2.05, 4.69) is 10.3 Å². The summed E-state index contributed by atoms with van der Waals surface area (Å²) in [6, 6.07) is 18.1. The number of phenols is 1. The Kier molecular flexibility index (Phi) is 3.51. The summed E-state index contributed by atoms with van der Waals surface area (Å²) in [6.07, 6.45) is 0. The second kappa shape index (κ2) is 5.63. The highest BCUT2D eigenvalue weighted by molar-refractivity contribution is 6.01. The van der Waals surface area contributed by atoms with E-state index in [0.29, 0.717) is 11.4 Å². The third-order valence-corrected chi connectivity index (χ3v) is 3.23. The molecular weight excluding hydrogens is 264 g/mol. The molecule has 0 fully saturated rings. The van der Waals surface area contributed by atoms with Gasteiger partial charge in [0.05, 0.1) is 17.6 Å². The van der Waals surface area contributed by atoms with E-state index in [1.54, 1.807) is 18.2 Å². The van der Waals surface area contributed by atoms with Gasteiger partial charge in [-0.25, -0.2) is 4.98 Å². The van der Waals surface area contributed by atoms with Crippen molar-refractivity contribution in [1.29, 1.82) is 0 Å². The highest BCUT2D eigenvalue weighted by Crippen LogP contribution is 2.17. The van der Waals surface area contributed by atoms with Gasteiger partial charge in [-0.3, -0.25) is 4.79 Å². The SMILES string of the molecule is O=C(CNc1ccc2ccccc2n1)c1ccccc1O. The molecule has 0 aliphatic carbocycles. The molecule has 0 amide bonds. The van der Waals surface area contributed by atoms with Crippen LogP contribution in [0.1, 0.15) is 10.4 Å². The number of ketones is 1. The molecule has 0 aliphatic heterocycles. The molecule has 0 atom stereocenters. The van der Waals surface area contributed by atoms with Gasteiger partial charge in [-0.15, -0.1) is 0 Å². The molecule has 0 radical (unpaired) electrons. The largest absolute Gasteiger partial charge is 0.507 e. The van der Waals surface area contributed by atoms with Gasteiger partial charge in [0.25, 0.3) is 0 Å². The lowest BCUT2D eigenvalue weighted by molar-refractivity contribution is 0.100. The lowest BCUT2D eigenvalue weighted by Gasteiger charge is -2.07. The Morgan fingerprint density at radius 2 is 1.76 bits per heavy atom. The zero-order valence-electron chi connectivity index (χ0n) is 11.3. The minimum Gasteiger partial charge on any atom is -0.507 e. The maximum atomic E-state index is 12.1. The molecule has 0 spiro atoms. The lowest BCUT2D eigenvalue weighted by atomic mass is 10.1. The number of pyridine rings is 1. The van der Waals surface area contributed by atoms with Gasteiger partial charge in [0.2, 0.25) is 0 Å². The van der Waals surface area contributed by atoms with Gasteiger partial charge in [0, 0.05) is 5.39 Å². The first-order valence-electron chi connectivity index (χ1n) is 6.65. The first-order valence-corrected chi connectivity index (χ1v) is 6.65. The van der Waals surface area contributed by atoms with E-state index in [1.165, 1.54) is 6.07 Å². The molecule has 1 heterocycles. The summed E-state index contributed by atoms with van der Waals surface area (Å²) < 4.78 is 0. The summed E-state index contributed by atoms with van der Waals surface area (Å²) in [7, 11) is 0. The summed E-state index contributed by atoms with van der Waals surface area (Å²) in [5, 5.41) is 13.7. The average Bonchev–Trinajstić information content (AvgIpc) is 2.53. The summed E-state index contributed by atoms with van der Waals surface area (Å²) in [4.78, 5) is 16.5. The van der Waals surface area contributed by atoms with E-state index < -0.39 is 0 Å². The third kappa shape index (κ3) is 2.84. The number of benzene rings is 2. The van der Waals surface area contributed by atoms with Gasteiger partial charge in [-0.2, -0.15) is 0 Å². The number of nitrogens with zero attached hydrogens (tertiary/aromatic N) is 1. The maximum Gasteiger partial charge on any atom is 0.185 e. The summed E-state index contributed by atoms with van der Waals surface area (Å²) in [5.41, 5.74) is 1.18. The molecule has 2 aromatic carbocycles. The van der Waals surface area contributed by atoms with Gasteiger partial charge in [-0.1, -0.05) is 30.3 Å². The number of phenolic OH excluding ortho intramolecular Hbond substituents is 1. The Morgan fingerprint density at radius 3 is 2.62 bits per heavy atom. The molecule has 104 valence electrons. The second-order valence-electron chi connectivity index (χ2n) is 4.68. The lowest BCUT2D eigenvalue weighted by Crippen LogP contribution is -2.14. The van der Waals surface area contributed by atoms with Crippen LogP contribution in [0.5, 0.6) is 5.75 Å². The van der Waals surface area contributed by atoms with Crippen LogP contribution in [0.25, 0.3) is 10.9 Å². The molecule has 3 aromatic rings. The number of carbonyl (C=O) groups is 1. The molecule has 2 N–H and O–H groups in total. The number of Topliss-reactive ketones (excluding diaryl/α,β-unsaturated/α-hetero) is 1. The Balaban J connectivity index is 1.74. The first-order chi connectivity index (χ1) is 10.2. The number of hydrogen-bond acceptors (Lipinski definition) is 4. The first kappa shape index (κ1) is 13.1. The van der Waals surface area contributed by atoms with E-state index in [1.807, 2.05) is 36.4 Å². The van der Waals surface area contributed by atoms with E-state index in [0.717, 1.165) is 10.9 Å². The van der Waals surface area contributed by atoms with Crippen molar-refractivity contribution in [3.63, 3.8) is 0 Å². The number of anilines is 1. The van der Waals surface area contributed by atoms with Crippen molar-refractivity contribution in [3.05, 3.63) is 66.2 Å². The van der Waals surface area contributed by atoms with Crippen molar-refractivity contribution in [2.45, 2.75) is 0 Å². The van der Waals surface area contributed by atoms with Crippen LogP contribution in [-0.4, -0.2) is 22.4 Å². The van der Waals surface area contributed by atoms with Crippen LogP contribution < -0.4 is 5.32 Å². The monoisotopic (exact) mass is 278 g/mol. The third-order valence-electron chi connectivity index (χ3n) is 3.23. The molecule has 4 heteroatoms. The number of hydrogen-bond donors (Lipinski definition) is 2. The van der Waals surface area contributed by atoms with E-state index in [-0.39, 0.29) is 18.1 Å². The van der Waals surface area contributed by atoms with Gasteiger partial charge >= 0.3 is 0 Å². The van der Waals surface area contributed by atoms with Crippen LogP contribution >= 0.6 is 0 Å². The molecular formula is C17H14N2O2. The quantitative estimate of drug-likeness (QED) is 0.719. The average molecular weight is 278 g/mol. The fourth-order valence-corrected chi connectivity index (χ4v) is 2.14. The molecule has 0 saturated heterocycles. The number of rotatable bonds is 4. The Morgan fingerprint density at radius 1 is 1.00 bits per heavy atom. The van der Waals surface area contributed by atoms with Crippen LogP contribution in [-0.2, 0) is 0 Å². The van der Waals surface area contributed by atoms with Crippen LogP contribution in [0.2, 0.25) is 0 Å². The maximum absolute atomic E-state index is 12.1. The minimum absolute atomic E-state index is 0.00392. The molecule has 3 rings (SSSR count). The van der Waals surface area contributed by atoms with Crippen molar-refractivity contribution in [2.24, 2.45) is 0 Å². The van der Waals surface area contributed by atoms with Gasteiger partial charge < -0.3 is 10.4 Å². The van der Waals surface area contributed by atoms with Gasteiger partial charge in [-0.05, 0) is 30.3 Å². The van der Waals surface area contributed by atoms with E-state index >= 15 is 0 Å². The molecule has 0 bridgehead atoms. The molecule has 4 nitrogen and oxygen atoms in total. The van der Waals surface area contributed by atoms with E-state index in [4.69, 9.17) is 0 Å².